The Balaban J connectivity index is 1.99. The number of carbonyl (C=O) groups excluding carboxylic acids is 1. The average Bonchev–Trinajstić information content (AvgIpc) is 2.88. The molecule has 2 heterocycles. The number of methoxy groups -OCH3 is 1. The quantitative estimate of drug-likeness (QED) is 0.890. The van der Waals surface area contributed by atoms with E-state index >= 15 is 0 Å². The van der Waals surface area contributed by atoms with Crippen molar-refractivity contribution >= 4 is 11.9 Å². The molecule has 0 aromatic carbocycles. The Hall–Kier alpha value is -1.89. The van der Waals surface area contributed by atoms with Gasteiger partial charge in [0.25, 0.3) is 5.91 Å². The van der Waals surface area contributed by atoms with E-state index in [-0.39, 0.29) is 18.2 Å². The number of hydrogen-bond acceptors (Lipinski definition) is 5. The summed E-state index contributed by atoms with van der Waals surface area (Å²) in [4.78, 5) is 25.0. The summed E-state index contributed by atoms with van der Waals surface area (Å²) >= 11 is 0. The van der Waals surface area contributed by atoms with E-state index in [0.717, 1.165) is 0 Å². The maximum Gasteiger partial charge on any atom is 0.309 e. The summed E-state index contributed by atoms with van der Waals surface area (Å²) in [5.74, 6) is -0.555. The SMILES string of the molecule is COCc1cc(C(=O)N2CCC(C)(C(=O)O)CC2)no1. The second kappa shape index (κ2) is 5.62. The molecule has 1 fully saturated rings. The summed E-state index contributed by atoms with van der Waals surface area (Å²) in [6, 6.07) is 1.55. The summed E-state index contributed by atoms with van der Waals surface area (Å²) in [7, 11) is 1.53. The topological polar surface area (TPSA) is 92.9 Å². The van der Waals surface area contributed by atoms with Crippen LogP contribution in [0.3, 0.4) is 0 Å². The highest BCUT2D eigenvalue weighted by Gasteiger charge is 2.38. The molecule has 1 aliphatic heterocycles. The number of carboxylic acids is 1. The van der Waals surface area contributed by atoms with Crippen molar-refractivity contribution in [2.45, 2.75) is 26.4 Å². The molecule has 0 unspecified atom stereocenters. The van der Waals surface area contributed by atoms with Crippen LogP contribution in [0.25, 0.3) is 0 Å². The average molecular weight is 282 g/mol. The zero-order chi connectivity index (χ0) is 14.8. The number of nitrogens with zero attached hydrogens (tertiary/aromatic N) is 2. The van der Waals surface area contributed by atoms with Gasteiger partial charge in [0, 0.05) is 26.3 Å². The molecule has 0 radical (unpaired) electrons. The highest BCUT2D eigenvalue weighted by molar-refractivity contribution is 5.92. The predicted octanol–water partition coefficient (Wildman–Crippen LogP) is 1.15. The van der Waals surface area contributed by atoms with Crippen molar-refractivity contribution in [3.63, 3.8) is 0 Å². The molecule has 0 bridgehead atoms. The largest absolute Gasteiger partial charge is 0.481 e. The van der Waals surface area contributed by atoms with Gasteiger partial charge in [-0.3, -0.25) is 9.59 Å². The van der Waals surface area contributed by atoms with E-state index in [9.17, 15) is 9.59 Å². The number of carbonyl (C=O) groups is 2. The van der Waals surface area contributed by atoms with E-state index in [1.54, 1.807) is 17.9 Å². The number of amides is 1. The van der Waals surface area contributed by atoms with Gasteiger partial charge in [0.05, 0.1) is 5.41 Å². The van der Waals surface area contributed by atoms with Gasteiger partial charge in [-0.05, 0) is 19.8 Å². The standard InChI is InChI=1S/C13H18N2O5/c1-13(12(17)18)3-5-15(6-4-13)11(16)10-7-9(8-19-2)20-14-10/h7H,3-6,8H2,1-2H3,(H,17,18). The number of aromatic nitrogens is 1. The molecule has 1 aliphatic rings. The minimum atomic E-state index is -0.812. The number of carboxylic acid groups (broad SMARTS) is 1. The van der Waals surface area contributed by atoms with Gasteiger partial charge in [-0.25, -0.2) is 0 Å². The minimum absolute atomic E-state index is 0.232. The van der Waals surface area contributed by atoms with Crippen LogP contribution in [0.2, 0.25) is 0 Å². The first kappa shape index (κ1) is 14.5. The zero-order valence-electron chi connectivity index (χ0n) is 11.6. The van der Waals surface area contributed by atoms with Crippen LogP contribution in [0.4, 0.5) is 0 Å². The molecule has 1 aromatic heterocycles. The molecule has 7 heteroatoms. The van der Waals surface area contributed by atoms with E-state index in [1.807, 2.05) is 0 Å². The summed E-state index contributed by atoms with van der Waals surface area (Å²) in [6.07, 6.45) is 0.883. The van der Waals surface area contributed by atoms with Crippen LogP contribution in [0.15, 0.2) is 10.6 Å². The van der Waals surface area contributed by atoms with E-state index < -0.39 is 11.4 Å². The first-order chi connectivity index (χ1) is 9.46. The lowest BCUT2D eigenvalue weighted by Crippen LogP contribution is -2.45. The Labute approximate surface area is 116 Å². The van der Waals surface area contributed by atoms with Gasteiger partial charge < -0.3 is 19.3 Å². The van der Waals surface area contributed by atoms with Crippen LogP contribution in [0, 0.1) is 5.41 Å². The Kier molecular flexibility index (Phi) is 4.08. The third-order valence-corrected chi connectivity index (χ3v) is 3.74. The van der Waals surface area contributed by atoms with Crippen LogP contribution in [0.5, 0.6) is 0 Å². The van der Waals surface area contributed by atoms with Crippen molar-refractivity contribution in [1.82, 2.24) is 10.1 Å². The molecule has 1 saturated heterocycles. The van der Waals surface area contributed by atoms with Crippen LogP contribution in [-0.4, -0.2) is 47.2 Å². The van der Waals surface area contributed by atoms with Gasteiger partial charge >= 0.3 is 5.97 Å². The fourth-order valence-corrected chi connectivity index (χ4v) is 2.20. The van der Waals surface area contributed by atoms with Crippen molar-refractivity contribution < 1.29 is 24.0 Å². The molecule has 20 heavy (non-hydrogen) atoms. The van der Waals surface area contributed by atoms with Crippen molar-refractivity contribution in [2.24, 2.45) is 5.41 Å². The molecule has 2 rings (SSSR count). The van der Waals surface area contributed by atoms with Gasteiger partial charge in [-0.15, -0.1) is 0 Å². The van der Waals surface area contributed by atoms with E-state index in [0.29, 0.717) is 31.7 Å². The fraction of sp³-hybridized carbons (Fsp3) is 0.615. The lowest BCUT2D eigenvalue weighted by molar-refractivity contribution is -0.150. The molecular weight excluding hydrogens is 264 g/mol. The predicted molar refractivity (Wildman–Crippen MR) is 68.1 cm³/mol. The fourth-order valence-electron chi connectivity index (χ4n) is 2.20. The molecule has 1 N–H and O–H groups in total. The summed E-state index contributed by atoms with van der Waals surface area (Å²) < 4.78 is 9.88. The second-order valence-electron chi connectivity index (χ2n) is 5.27. The second-order valence-corrected chi connectivity index (χ2v) is 5.27. The highest BCUT2D eigenvalue weighted by Crippen LogP contribution is 2.31. The molecule has 0 atom stereocenters. The molecule has 7 nitrogen and oxygen atoms in total. The van der Waals surface area contributed by atoms with Crippen molar-refractivity contribution in [3.05, 3.63) is 17.5 Å². The smallest absolute Gasteiger partial charge is 0.309 e. The van der Waals surface area contributed by atoms with Gasteiger partial charge in [0.1, 0.15) is 6.61 Å². The van der Waals surface area contributed by atoms with Crippen LogP contribution in [-0.2, 0) is 16.1 Å². The maximum atomic E-state index is 12.2. The summed E-state index contributed by atoms with van der Waals surface area (Å²) in [5.41, 5.74) is -0.516. The Morgan fingerprint density at radius 1 is 1.50 bits per heavy atom. The number of ether oxygens (including phenoxy) is 1. The van der Waals surface area contributed by atoms with Gasteiger partial charge in [0.15, 0.2) is 11.5 Å². The van der Waals surface area contributed by atoms with Crippen LogP contribution < -0.4 is 0 Å². The number of hydrogen-bond donors (Lipinski definition) is 1. The zero-order valence-corrected chi connectivity index (χ0v) is 11.6. The molecule has 0 aliphatic carbocycles. The van der Waals surface area contributed by atoms with E-state index in [1.165, 1.54) is 7.11 Å². The molecule has 0 spiro atoms. The first-order valence-electron chi connectivity index (χ1n) is 6.43. The normalized spacial score (nSPS) is 18.0. The van der Waals surface area contributed by atoms with Gasteiger partial charge in [-0.1, -0.05) is 5.16 Å². The monoisotopic (exact) mass is 282 g/mol. The summed E-state index contributed by atoms with van der Waals surface area (Å²) in [5, 5.41) is 12.9. The van der Waals surface area contributed by atoms with Crippen LogP contribution >= 0.6 is 0 Å². The molecular formula is C13H18N2O5. The Morgan fingerprint density at radius 3 is 2.70 bits per heavy atom. The number of aliphatic carboxylic acids is 1. The number of likely N-dealkylation sites (tertiary alicyclic amines) is 1. The molecule has 1 aromatic rings. The van der Waals surface area contributed by atoms with Crippen molar-refractivity contribution in [3.8, 4) is 0 Å². The minimum Gasteiger partial charge on any atom is -0.481 e. The molecule has 0 saturated carbocycles. The molecule has 1 amide bonds. The first-order valence-corrected chi connectivity index (χ1v) is 6.43. The van der Waals surface area contributed by atoms with E-state index in [4.69, 9.17) is 14.4 Å². The van der Waals surface area contributed by atoms with Crippen molar-refractivity contribution in [2.75, 3.05) is 20.2 Å². The maximum absolute atomic E-state index is 12.2. The van der Waals surface area contributed by atoms with Gasteiger partial charge in [0.2, 0.25) is 0 Å². The van der Waals surface area contributed by atoms with E-state index in [2.05, 4.69) is 5.16 Å². The Morgan fingerprint density at radius 2 is 2.15 bits per heavy atom. The number of piperidine rings is 1. The Bertz CT molecular complexity index is 503. The highest BCUT2D eigenvalue weighted by atomic mass is 16.5. The lowest BCUT2D eigenvalue weighted by atomic mass is 9.80. The summed E-state index contributed by atoms with van der Waals surface area (Å²) in [6.45, 7) is 2.80. The third-order valence-electron chi connectivity index (χ3n) is 3.74. The molecule has 110 valence electrons. The third kappa shape index (κ3) is 2.82. The van der Waals surface area contributed by atoms with Crippen LogP contribution in [0.1, 0.15) is 36.0 Å². The van der Waals surface area contributed by atoms with Gasteiger partial charge in [-0.2, -0.15) is 0 Å². The van der Waals surface area contributed by atoms with Crippen molar-refractivity contribution in [1.29, 1.82) is 0 Å². The number of rotatable bonds is 4. The lowest BCUT2D eigenvalue weighted by Gasteiger charge is -2.36.